The van der Waals surface area contributed by atoms with Crippen molar-refractivity contribution in [3.63, 3.8) is 0 Å². The number of rotatable bonds is 3. The Hall–Kier alpha value is -2.76. The van der Waals surface area contributed by atoms with Gasteiger partial charge in [0.25, 0.3) is 0 Å². The van der Waals surface area contributed by atoms with Crippen LogP contribution in [-0.2, 0) is 24.8 Å². The van der Waals surface area contributed by atoms with Gasteiger partial charge in [-0.25, -0.2) is 4.79 Å². The maximum Gasteiger partial charge on any atom is 0.319 e. The topological polar surface area (TPSA) is 66.4 Å². The smallest absolute Gasteiger partial charge is 0.319 e. The van der Waals surface area contributed by atoms with Gasteiger partial charge >= 0.3 is 6.03 Å². The summed E-state index contributed by atoms with van der Waals surface area (Å²) in [4.78, 5) is 25.5. The zero-order chi connectivity index (χ0) is 17.1. The highest BCUT2D eigenvalue weighted by Gasteiger charge is 2.20. The summed E-state index contributed by atoms with van der Waals surface area (Å²) in [6.07, 6.45) is 5.77. The standard InChI is InChI=1S/C18H22N4O2/c1-13(23)22-8-3-4-15-10-16(5-6-17(15)22)20-18(24)19-11-14-7-9-21(2)12-14/h5-7,9-10,12H,3-4,8,11H2,1-2H3,(H2,19,20,24). The molecule has 1 aromatic carbocycles. The van der Waals surface area contributed by atoms with Crippen LogP contribution < -0.4 is 15.5 Å². The van der Waals surface area contributed by atoms with Gasteiger partial charge in [0.05, 0.1) is 0 Å². The van der Waals surface area contributed by atoms with E-state index in [4.69, 9.17) is 0 Å². The molecular weight excluding hydrogens is 304 g/mol. The van der Waals surface area contributed by atoms with E-state index in [1.54, 1.807) is 11.8 Å². The first-order chi connectivity index (χ1) is 11.5. The Labute approximate surface area is 141 Å². The summed E-state index contributed by atoms with van der Waals surface area (Å²) in [5.41, 5.74) is 3.83. The summed E-state index contributed by atoms with van der Waals surface area (Å²) in [7, 11) is 1.95. The maximum absolute atomic E-state index is 12.0. The number of carbonyl (C=O) groups is 2. The third-order valence-corrected chi connectivity index (χ3v) is 4.18. The van der Waals surface area contributed by atoms with Crippen molar-refractivity contribution >= 4 is 23.3 Å². The van der Waals surface area contributed by atoms with Crippen molar-refractivity contribution < 1.29 is 9.59 Å². The van der Waals surface area contributed by atoms with Gasteiger partial charge in [-0.15, -0.1) is 0 Å². The molecule has 0 atom stereocenters. The average molecular weight is 326 g/mol. The normalized spacial score (nSPS) is 13.3. The Morgan fingerprint density at radius 3 is 2.79 bits per heavy atom. The first kappa shape index (κ1) is 16.1. The Bertz CT molecular complexity index is 766. The molecule has 3 rings (SSSR count). The van der Waals surface area contributed by atoms with E-state index in [1.807, 2.05) is 48.3 Å². The van der Waals surface area contributed by atoms with Crippen molar-refractivity contribution in [3.8, 4) is 0 Å². The number of hydrogen-bond donors (Lipinski definition) is 2. The van der Waals surface area contributed by atoms with E-state index in [-0.39, 0.29) is 11.9 Å². The highest BCUT2D eigenvalue weighted by atomic mass is 16.2. The second kappa shape index (κ2) is 6.78. The Morgan fingerprint density at radius 2 is 2.08 bits per heavy atom. The van der Waals surface area contributed by atoms with Crippen LogP contribution >= 0.6 is 0 Å². The zero-order valence-electron chi connectivity index (χ0n) is 14.0. The number of carbonyl (C=O) groups excluding carboxylic acids is 2. The number of fused-ring (bicyclic) bond motifs is 1. The molecule has 1 aromatic heterocycles. The zero-order valence-corrected chi connectivity index (χ0v) is 14.0. The van der Waals surface area contributed by atoms with Crippen LogP contribution in [-0.4, -0.2) is 23.1 Å². The monoisotopic (exact) mass is 326 g/mol. The lowest BCUT2D eigenvalue weighted by atomic mass is 10.0. The van der Waals surface area contributed by atoms with Crippen LogP contribution in [0.5, 0.6) is 0 Å². The van der Waals surface area contributed by atoms with Gasteiger partial charge in [0, 0.05) is 50.8 Å². The van der Waals surface area contributed by atoms with Crippen LogP contribution in [0.1, 0.15) is 24.5 Å². The van der Waals surface area contributed by atoms with Gasteiger partial charge in [0.15, 0.2) is 0 Å². The molecule has 0 saturated heterocycles. The molecule has 0 saturated carbocycles. The molecule has 0 spiro atoms. The molecule has 0 radical (unpaired) electrons. The van der Waals surface area contributed by atoms with Crippen molar-refractivity contribution in [1.29, 1.82) is 0 Å². The minimum absolute atomic E-state index is 0.0530. The summed E-state index contributed by atoms with van der Waals surface area (Å²) in [6, 6.07) is 7.42. The van der Waals surface area contributed by atoms with Crippen LogP contribution in [0.4, 0.5) is 16.2 Å². The molecule has 126 valence electrons. The van der Waals surface area contributed by atoms with Crippen LogP contribution in [0.2, 0.25) is 0 Å². The van der Waals surface area contributed by atoms with E-state index >= 15 is 0 Å². The van der Waals surface area contributed by atoms with Gasteiger partial charge in [-0.05, 0) is 48.2 Å². The molecule has 3 amide bonds. The van der Waals surface area contributed by atoms with Crippen molar-refractivity contribution in [3.05, 3.63) is 47.8 Å². The summed E-state index contributed by atoms with van der Waals surface area (Å²) >= 11 is 0. The lowest BCUT2D eigenvalue weighted by Crippen LogP contribution is -2.33. The molecule has 0 fully saturated rings. The summed E-state index contributed by atoms with van der Waals surface area (Å²) in [6.45, 7) is 2.82. The van der Waals surface area contributed by atoms with E-state index in [0.29, 0.717) is 6.54 Å². The number of benzene rings is 1. The highest BCUT2D eigenvalue weighted by molar-refractivity contribution is 5.94. The highest BCUT2D eigenvalue weighted by Crippen LogP contribution is 2.29. The van der Waals surface area contributed by atoms with E-state index in [1.165, 1.54) is 0 Å². The lowest BCUT2D eigenvalue weighted by molar-refractivity contribution is -0.116. The van der Waals surface area contributed by atoms with E-state index in [0.717, 1.165) is 41.9 Å². The quantitative estimate of drug-likeness (QED) is 0.910. The van der Waals surface area contributed by atoms with Gasteiger partial charge in [0.2, 0.25) is 5.91 Å². The Balaban J connectivity index is 1.63. The molecule has 0 aliphatic carbocycles. The number of nitrogens with one attached hydrogen (secondary N) is 2. The Morgan fingerprint density at radius 1 is 1.25 bits per heavy atom. The number of nitrogens with zero attached hydrogens (tertiary/aromatic N) is 2. The predicted octanol–water partition coefficient (Wildman–Crippen LogP) is 2.65. The van der Waals surface area contributed by atoms with Crippen LogP contribution in [0.25, 0.3) is 0 Å². The molecule has 6 nitrogen and oxygen atoms in total. The third kappa shape index (κ3) is 3.59. The van der Waals surface area contributed by atoms with E-state index in [9.17, 15) is 9.59 Å². The molecule has 0 bridgehead atoms. The van der Waals surface area contributed by atoms with Crippen LogP contribution in [0, 0.1) is 0 Å². The molecule has 2 N–H and O–H groups in total. The van der Waals surface area contributed by atoms with Crippen molar-refractivity contribution in [2.45, 2.75) is 26.3 Å². The Kier molecular flexibility index (Phi) is 4.55. The summed E-state index contributed by atoms with van der Waals surface area (Å²) in [5.74, 6) is 0.0530. The second-order valence-electron chi connectivity index (χ2n) is 6.11. The molecule has 6 heteroatoms. The van der Waals surface area contributed by atoms with E-state index < -0.39 is 0 Å². The second-order valence-corrected chi connectivity index (χ2v) is 6.11. The number of aryl methyl sites for hydroxylation is 2. The fraction of sp³-hybridized carbons (Fsp3) is 0.333. The van der Waals surface area contributed by atoms with Crippen LogP contribution in [0.15, 0.2) is 36.7 Å². The summed E-state index contributed by atoms with van der Waals surface area (Å²) in [5, 5.41) is 5.69. The van der Waals surface area contributed by atoms with Crippen molar-refractivity contribution in [2.24, 2.45) is 7.05 Å². The number of hydrogen-bond acceptors (Lipinski definition) is 2. The average Bonchev–Trinajstić information content (AvgIpc) is 2.97. The predicted molar refractivity (Wildman–Crippen MR) is 94.1 cm³/mol. The summed E-state index contributed by atoms with van der Waals surface area (Å²) < 4.78 is 1.94. The van der Waals surface area contributed by atoms with Gasteiger partial charge < -0.3 is 20.1 Å². The largest absolute Gasteiger partial charge is 0.357 e. The molecule has 0 unspecified atom stereocenters. The number of amides is 3. The maximum atomic E-state index is 12.0. The molecular formula is C18H22N4O2. The fourth-order valence-electron chi connectivity index (χ4n) is 3.03. The van der Waals surface area contributed by atoms with E-state index in [2.05, 4.69) is 10.6 Å². The number of aromatic nitrogens is 1. The van der Waals surface area contributed by atoms with Gasteiger partial charge in [-0.3, -0.25) is 4.79 Å². The minimum Gasteiger partial charge on any atom is -0.357 e. The van der Waals surface area contributed by atoms with Gasteiger partial charge in [-0.2, -0.15) is 0 Å². The third-order valence-electron chi connectivity index (χ3n) is 4.18. The van der Waals surface area contributed by atoms with Crippen molar-refractivity contribution in [1.82, 2.24) is 9.88 Å². The molecule has 2 heterocycles. The minimum atomic E-state index is -0.238. The van der Waals surface area contributed by atoms with Crippen molar-refractivity contribution in [2.75, 3.05) is 16.8 Å². The lowest BCUT2D eigenvalue weighted by Gasteiger charge is -2.29. The molecule has 2 aromatic rings. The molecule has 1 aliphatic rings. The molecule has 24 heavy (non-hydrogen) atoms. The first-order valence-electron chi connectivity index (χ1n) is 8.09. The first-order valence-corrected chi connectivity index (χ1v) is 8.09. The SMILES string of the molecule is CC(=O)N1CCCc2cc(NC(=O)NCc3ccn(C)c3)ccc21. The fourth-order valence-corrected chi connectivity index (χ4v) is 3.03. The number of urea groups is 1. The van der Waals surface area contributed by atoms with Gasteiger partial charge in [0.1, 0.15) is 0 Å². The van der Waals surface area contributed by atoms with Crippen LogP contribution in [0.3, 0.4) is 0 Å². The van der Waals surface area contributed by atoms with Gasteiger partial charge in [-0.1, -0.05) is 0 Å². The number of anilines is 2. The molecule has 1 aliphatic heterocycles.